The van der Waals surface area contributed by atoms with Gasteiger partial charge in [-0.3, -0.25) is 4.79 Å². The Morgan fingerprint density at radius 2 is 2.33 bits per heavy atom. The highest BCUT2D eigenvalue weighted by Gasteiger charge is 2.12. The minimum Gasteiger partial charge on any atom is -0.293 e. The maximum atomic E-state index is 11.9. The second-order valence-electron chi connectivity index (χ2n) is 3.25. The van der Waals surface area contributed by atoms with Crippen LogP contribution in [0.4, 0.5) is 0 Å². The molecule has 0 aromatic carbocycles. The van der Waals surface area contributed by atoms with Gasteiger partial charge in [0.15, 0.2) is 5.78 Å². The molecule has 0 aliphatic rings. The number of hydrogen-bond donors (Lipinski definition) is 0. The normalized spacial score (nSPS) is 10.5. The molecule has 2 rings (SSSR count). The largest absolute Gasteiger partial charge is 0.293 e. The summed E-state index contributed by atoms with van der Waals surface area (Å²) >= 11 is 6.58. The number of carbonyl (C=O) groups is 1. The van der Waals surface area contributed by atoms with Gasteiger partial charge in [-0.15, -0.1) is 22.7 Å². The van der Waals surface area contributed by atoms with Crippen LogP contribution in [0.3, 0.4) is 0 Å². The van der Waals surface area contributed by atoms with Crippen LogP contribution in [-0.2, 0) is 6.42 Å². The lowest BCUT2D eigenvalue weighted by Crippen LogP contribution is -1.98. The van der Waals surface area contributed by atoms with Crippen LogP contribution in [-0.4, -0.2) is 5.78 Å². The summed E-state index contributed by atoms with van der Waals surface area (Å²) in [4.78, 5) is 13.8. The molecule has 0 aliphatic carbocycles. The minimum atomic E-state index is 0.205. The van der Waals surface area contributed by atoms with E-state index in [9.17, 15) is 4.79 Å². The first-order chi connectivity index (χ1) is 7.16. The minimum absolute atomic E-state index is 0.205. The van der Waals surface area contributed by atoms with Crippen LogP contribution in [0.2, 0.25) is 0 Å². The molecule has 0 aliphatic heterocycles. The van der Waals surface area contributed by atoms with Gasteiger partial charge in [0.05, 0.1) is 8.66 Å². The quantitative estimate of drug-likeness (QED) is 0.772. The summed E-state index contributed by atoms with van der Waals surface area (Å²) in [5, 5.41) is 2.00. The SMILES string of the molecule is Cc1cc(C(=O)Cc2cccs2)sc1Br. The first kappa shape index (κ1) is 11.0. The lowest BCUT2D eigenvalue weighted by Gasteiger charge is -1.93. The summed E-state index contributed by atoms with van der Waals surface area (Å²) in [6.45, 7) is 2.00. The number of rotatable bonds is 3. The summed E-state index contributed by atoms with van der Waals surface area (Å²) in [7, 11) is 0. The van der Waals surface area contributed by atoms with Crippen molar-refractivity contribution in [3.63, 3.8) is 0 Å². The Labute approximate surface area is 105 Å². The zero-order valence-corrected chi connectivity index (χ0v) is 11.3. The van der Waals surface area contributed by atoms with E-state index in [4.69, 9.17) is 0 Å². The van der Waals surface area contributed by atoms with E-state index in [1.165, 1.54) is 11.3 Å². The first-order valence-electron chi connectivity index (χ1n) is 4.48. The Morgan fingerprint density at radius 3 is 2.87 bits per heavy atom. The maximum Gasteiger partial charge on any atom is 0.178 e. The number of Topliss-reactive ketones (excluding diaryl/α,β-unsaturated/α-hetero) is 1. The average Bonchev–Trinajstić information content (AvgIpc) is 2.78. The van der Waals surface area contributed by atoms with Crippen molar-refractivity contribution in [3.8, 4) is 0 Å². The molecule has 0 N–H and O–H groups in total. The van der Waals surface area contributed by atoms with Crippen molar-refractivity contribution < 1.29 is 4.79 Å². The van der Waals surface area contributed by atoms with Crippen molar-refractivity contribution in [2.45, 2.75) is 13.3 Å². The molecule has 0 atom stereocenters. The summed E-state index contributed by atoms with van der Waals surface area (Å²) < 4.78 is 1.05. The Kier molecular flexibility index (Phi) is 3.38. The molecule has 1 nitrogen and oxygen atoms in total. The van der Waals surface area contributed by atoms with Crippen molar-refractivity contribution in [2.24, 2.45) is 0 Å². The Balaban J connectivity index is 2.15. The van der Waals surface area contributed by atoms with Gasteiger partial charge >= 0.3 is 0 Å². The van der Waals surface area contributed by atoms with Gasteiger partial charge in [-0.2, -0.15) is 0 Å². The highest BCUT2D eigenvalue weighted by Crippen LogP contribution is 2.28. The van der Waals surface area contributed by atoms with Gasteiger partial charge in [0.25, 0.3) is 0 Å². The number of thiophene rings is 2. The van der Waals surface area contributed by atoms with E-state index in [0.29, 0.717) is 6.42 Å². The number of ketones is 1. The number of halogens is 1. The maximum absolute atomic E-state index is 11.9. The Bertz CT molecular complexity index is 451. The highest BCUT2D eigenvalue weighted by molar-refractivity contribution is 9.11. The molecule has 4 heteroatoms. The zero-order chi connectivity index (χ0) is 10.8. The highest BCUT2D eigenvalue weighted by atomic mass is 79.9. The number of hydrogen-bond acceptors (Lipinski definition) is 3. The molecule has 0 saturated heterocycles. The smallest absolute Gasteiger partial charge is 0.178 e. The molecule has 2 aromatic rings. The van der Waals surface area contributed by atoms with Crippen LogP contribution in [0.1, 0.15) is 20.1 Å². The van der Waals surface area contributed by atoms with E-state index in [-0.39, 0.29) is 5.78 Å². The lowest BCUT2D eigenvalue weighted by atomic mass is 10.2. The van der Waals surface area contributed by atoms with Gasteiger partial charge < -0.3 is 0 Å². The van der Waals surface area contributed by atoms with Crippen molar-refractivity contribution in [1.82, 2.24) is 0 Å². The molecule has 15 heavy (non-hydrogen) atoms. The molecule has 2 aromatic heterocycles. The second kappa shape index (κ2) is 4.60. The van der Waals surface area contributed by atoms with Gasteiger partial charge in [-0.1, -0.05) is 6.07 Å². The van der Waals surface area contributed by atoms with Crippen LogP contribution in [0.5, 0.6) is 0 Å². The fourth-order valence-electron chi connectivity index (χ4n) is 1.26. The fourth-order valence-corrected chi connectivity index (χ4v) is 3.43. The van der Waals surface area contributed by atoms with Crippen LogP contribution < -0.4 is 0 Å². The van der Waals surface area contributed by atoms with Gasteiger partial charge in [0.2, 0.25) is 0 Å². The predicted molar refractivity (Wildman–Crippen MR) is 69.1 cm³/mol. The summed E-state index contributed by atoms with van der Waals surface area (Å²) in [5.74, 6) is 0.205. The van der Waals surface area contributed by atoms with E-state index >= 15 is 0 Å². The molecule has 0 unspecified atom stereocenters. The van der Waals surface area contributed by atoms with Crippen LogP contribution in [0.15, 0.2) is 27.4 Å². The molecule has 78 valence electrons. The monoisotopic (exact) mass is 300 g/mol. The van der Waals surface area contributed by atoms with Crippen molar-refractivity contribution >= 4 is 44.4 Å². The summed E-state index contributed by atoms with van der Waals surface area (Å²) in [6.07, 6.45) is 0.518. The van der Waals surface area contributed by atoms with Gasteiger partial charge in [0.1, 0.15) is 0 Å². The van der Waals surface area contributed by atoms with Gasteiger partial charge in [-0.05, 0) is 45.9 Å². The molecule has 0 saturated carbocycles. The molecule has 0 bridgehead atoms. The Hall–Kier alpha value is -0.450. The van der Waals surface area contributed by atoms with E-state index in [1.54, 1.807) is 11.3 Å². The van der Waals surface area contributed by atoms with Crippen LogP contribution >= 0.6 is 38.6 Å². The number of carbonyl (C=O) groups excluding carboxylic acids is 1. The first-order valence-corrected chi connectivity index (χ1v) is 6.97. The molecular weight excluding hydrogens is 292 g/mol. The van der Waals surface area contributed by atoms with Crippen molar-refractivity contribution in [3.05, 3.63) is 42.7 Å². The standard InChI is InChI=1S/C11H9BrOS2/c1-7-5-10(15-11(7)12)9(13)6-8-3-2-4-14-8/h2-5H,6H2,1H3. The fraction of sp³-hybridized carbons (Fsp3) is 0.182. The second-order valence-corrected chi connectivity index (χ2v) is 6.65. The topological polar surface area (TPSA) is 17.1 Å². The average molecular weight is 301 g/mol. The van der Waals surface area contributed by atoms with E-state index in [1.807, 2.05) is 30.5 Å². The molecular formula is C11H9BrOS2. The molecule has 0 radical (unpaired) electrons. The summed E-state index contributed by atoms with van der Waals surface area (Å²) in [5.41, 5.74) is 1.13. The molecule has 0 spiro atoms. The molecule has 2 heterocycles. The third-order valence-corrected chi connectivity index (χ3v) is 5.10. The third-order valence-electron chi connectivity index (χ3n) is 2.05. The van der Waals surface area contributed by atoms with Crippen LogP contribution in [0, 0.1) is 6.92 Å². The summed E-state index contributed by atoms with van der Waals surface area (Å²) in [6, 6.07) is 5.92. The van der Waals surface area contributed by atoms with E-state index < -0.39 is 0 Å². The predicted octanol–water partition coefficient (Wildman–Crippen LogP) is 4.31. The number of aryl methyl sites for hydroxylation is 1. The Morgan fingerprint density at radius 1 is 1.53 bits per heavy atom. The van der Waals surface area contributed by atoms with Crippen molar-refractivity contribution in [1.29, 1.82) is 0 Å². The zero-order valence-electron chi connectivity index (χ0n) is 8.12. The van der Waals surface area contributed by atoms with E-state index in [0.717, 1.165) is 19.1 Å². The van der Waals surface area contributed by atoms with E-state index in [2.05, 4.69) is 15.9 Å². The molecule has 0 amide bonds. The van der Waals surface area contributed by atoms with Crippen LogP contribution in [0.25, 0.3) is 0 Å². The van der Waals surface area contributed by atoms with Crippen molar-refractivity contribution in [2.75, 3.05) is 0 Å². The lowest BCUT2D eigenvalue weighted by molar-refractivity contribution is 0.0997. The third kappa shape index (κ3) is 2.56. The molecule has 0 fully saturated rings. The van der Waals surface area contributed by atoms with Gasteiger partial charge in [-0.25, -0.2) is 0 Å². The van der Waals surface area contributed by atoms with Gasteiger partial charge in [0, 0.05) is 11.3 Å².